The van der Waals surface area contributed by atoms with E-state index in [1.54, 1.807) is 0 Å². The van der Waals surface area contributed by atoms with Crippen molar-refractivity contribution < 1.29 is 31.3 Å². The Kier molecular flexibility index (Phi) is 5.61. The van der Waals surface area contributed by atoms with Crippen molar-refractivity contribution in [2.24, 2.45) is 0 Å². The van der Waals surface area contributed by atoms with Crippen LogP contribution in [0, 0.1) is 23.3 Å². The summed E-state index contributed by atoms with van der Waals surface area (Å²) in [5.41, 5.74) is -1.51. The van der Waals surface area contributed by atoms with Crippen LogP contribution >= 0.6 is 11.6 Å². The van der Waals surface area contributed by atoms with Crippen molar-refractivity contribution in [3.05, 3.63) is 58.1 Å². The monoisotopic (exact) mass is 380 g/mol. The van der Waals surface area contributed by atoms with Crippen molar-refractivity contribution in [2.45, 2.75) is 16.7 Å². The van der Waals surface area contributed by atoms with Crippen LogP contribution in [0.1, 0.15) is 17.3 Å². The molecule has 0 saturated carbocycles. The van der Waals surface area contributed by atoms with Crippen molar-refractivity contribution >= 4 is 28.4 Å². The summed E-state index contributed by atoms with van der Waals surface area (Å²) in [6.07, 6.45) is 0. The zero-order valence-corrected chi connectivity index (χ0v) is 13.6. The highest BCUT2D eigenvalue weighted by Gasteiger charge is 2.33. The van der Waals surface area contributed by atoms with E-state index in [0.717, 1.165) is 0 Å². The number of carbonyl (C=O) groups is 1. The quantitative estimate of drug-likeness (QED) is 0.452. The third-order valence-electron chi connectivity index (χ3n) is 2.92. The minimum absolute atomic E-state index is 0.125. The van der Waals surface area contributed by atoms with Gasteiger partial charge in [-0.2, -0.15) is 0 Å². The standard InChI is InChI=1S/C15H9ClF4O3S/c1-2-23-15(21)9-10(17)12(19)14(13(20)11(9)18)24(22)8-5-3-7(16)4-6-8/h3-6H,2H2,1H3. The van der Waals surface area contributed by atoms with Gasteiger partial charge in [-0.25, -0.2) is 26.6 Å². The van der Waals surface area contributed by atoms with Gasteiger partial charge in [0.05, 0.1) is 17.4 Å². The lowest BCUT2D eigenvalue weighted by Crippen LogP contribution is -2.16. The molecule has 3 nitrogen and oxygen atoms in total. The van der Waals surface area contributed by atoms with E-state index in [2.05, 4.69) is 4.74 Å². The van der Waals surface area contributed by atoms with Crippen LogP contribution in [0.15, 0.2) is 34.1 Å². The van der Waals surface area contributed by atoms with E-state index < -0.39 is 50.5 Å². The second-order valence-electron chi connectivity index (χ2n) is 4.40. The first-order chi connectivity index (χ1) is 11.3. The van der Waals surface area contributed by atoms with E-state index in [4.69, 9.17) is 11.6 Å². The zero-order valence-electron chi connectivity index (χ0n) is 12.0. The van der Waals surface area contributed by atoms with Crippen molar-refractivity contribution in [3.8, 4) is 0 Å². The first-order valence-corrected chi connectivity index (χ1v) is 8.02. The third kappa shape index (κ3) is 3.29. The summed E-state index contributed by atoms with van der Waals surface area (Å²) < 4.78 is 72.8. The van der Waals surface area contributed by atoms with Crippen molar-refractivity contribution in [2.75, 3.05) is 6.61 Å². The van der Waals surface area contributed by atoms with Crippen LogP contribution in [0.2, 0.25) is 5.02 Å². The van der Waals surface area contributed by atoms with Crippen LogP contribution < -0.4 is 0 Å². The summed E-state index contributed by atoms with van der Waals surface area (Å²) in [7, 11) is -2.56. The molecule has 0 amide bonds. The molecule has 0 fully saturated rings. The zero-order chi connectivity index (χ0) is 18.0. The predicted octanol–water partition coefficient (Wildman–Crippen LogP) is 4.24. The molecule has 2 aromatic carbocycles. The SMILES string of the molecule is CCOC(=O)c1c(F)c(F)c(S(=O)c2ccc(Cl)cc2)c(F)c1F. The highest BCUT2D eigenvalue weighted by molar-refractivity contribution is 7.85. The van der Waals surface area contributed by atoms with Gasteiger partial charge in [0, 0.05) is 9.92 Å². The number of esters is 1. The second-order valence-corrected chi connectivity index (χ2v) is 6.26. The molecule has 0 aliphatic carbocycles. The average molecular weight is 381 g/mol. The molecule has 0 radical (unpaired) electrons. The summed E-state index contributed by atoms with van der Waals surface area (Å²) in [6.45, 7) is 1.10. The second kappa shape index (κ2) is 7.31. The smallest absolute Gasteiger partial charge is 0.344 e. The van der Waals surface area contributed by atoms with E-state index >= 15 is 0 Å². The normalized spacial score (nSPS) is 12.1. The molecule has 0 spiro atoms. The Labute approximate surface area is 141 Å². The van der Waals surface area contributed by atoms with Gasteiger partial charge in [0.1, 0.15) is 10.5 Å². The van der Waals surface area contributed by atoms with E-state index in [9.17, 15) is 26.6 Å². The third-order valence-corrected chi connectivity index (χ3v) is 4.60. The molecule has 2 rings (SSSR count). The summed E-state index contributed by atoms with van der Waals surface area (Å²) in [5, 5.41) is 0.270. The molecular formula is C15H9ClF4O3S. The lowest BCUT2D eigenvalue weighted by Gasteiger charge is -2.11. The van der Waals surface area contributed by atoms with Crippen LogP contribution in [0.25, 0.3) is 0 Å². The molecule has 0 bridgehead atoms. The van der Waals surface area contributed by atoms with Gasteiger partial charge in [0.25, 0.3) is 0 Å². The Bertz CT molecular complexity index is 795. The average Bonchev–Trinajstić information content (AvgIpc) is 2.54. The highest BCUT2D eigenvalue weighted by Crippen LogP contribution is 2.30. The number of carbonyl (C=O) groups excluding carboxylic acids is 1. The van der Waals surface area contributed by atoms with E-state index in [-0.39, 0.29) is 16.5 Å². The Morgan fingerprint density at radius 3 is 2.00 bits per heavy atom. The molecule has 2 aromatic rings. The number of hydrogen-bond acceptors (Lipinski definition) is 3. The first-order valence-electron chi connectivity index (χ1n) is 6.50. The minimum Gasteiger partial charge on any atom is -0.462 e. The fourth-order valence-corrected chi connectivity index (χ4v) is 3.08. The van der Waals surface area contributed by atoms with Crippen molar-refractivity contribution in [1.82, 2.24) is 0 Å². The van der Waals surface area contributed by atoms with Gasteiger partial charge in [-0.15, -0.1) is 0 Å². The molecule has 0 aromatic heterocycles. The molecule has 1 unspecified atom stereocenters. The summed E-state index contributed by atoms with van der Waals surface area (Å²) in [5.74, 6) is -9.35. The van der Waals surface area contributed by atoms with Gasteiger partial charge in [0.15, 0.2) is 23.3 Å². The predicted molar refractivity (Wildman–Crippen MR) is 78.4 cm³/mol. The van der Waals surface area contributed by atoms with Gasteiger partial charge >= 0.3 is 5.97 Å². The molecule has 9 heteroatoms. The van der Waals surface area contributed by atoms with Crippen LogP contribution in [-0.4, -0.2) is 16.8 Å². The molecule has 0 aliphatic rings. The molecule has 1 atom stereocenters. The number of hydrogen-bond donors (Lipinski definition) is 0. The Hall–Kier alpha value is -1.93. The Balaban J connectivity index is 2.62. The Morgan fingerprint density at radius 1 is 1.04 bits per heavy atom. The summed E-state index contributed by atoms with van der Waals surface area (Å²) in [6, 6.07) is 4.97. The van der Waals surface area contributed by atoms with Gasteiger partial charge < -0.3 is 4.74 Å². The molecule has 24 heavy (non-hydrogen) atoms. The number of halogens is 5. The summed E-state index contributed by atoms with van der Waals surface area (Å²) >= 11 is 5.64. The largest absolute Gasteiger partial charge is 0.462 e. The molecular weight excluding hydrogens is 372 g/mol. The van der Waals surface area contributed by atoms with Crippen LogP contribution in [0.4, 0.5) is 17.6 Å². The lowest BCUT2D eigenvalue weighted by molar-refractivity contribution is 0.0511. The fraction of sp³-hybridized carbons (Fsp3) is 0.133. The molecule has 0 N–H and O–H groups in total. The van der Waals surface area contributed by atoms with Crippen LogP contribution in [0.3, 0.4) is 0 Å². The molecule has 0 aliphatic heterocycles. The summed E-state index contributed by atoms with van der Waals surface area (Å²) in [4.78, 5) is 10.00. The van der Waals surface area contributed by atoms with Gasteiger partial charge in [-0.05, 0) is 31.2 Å². The number of rotatable bonds is 4. The van der Waals surface area contributed by atoms with E-state index in [0.29, 0.717) is 0 Å². The van der Waals surface area contributed by atoms with Crippen LogP contribution in [0.5, 0.6) is 0 Å². The lowest BCUT2D eigenvalue weighted by atomic mass is 10.2. The van der Waals surface area contributed by atoms with E-state index in [1.807, 2.05) is 0 Å². The fourth-order valence-electron chi connectivity index (χ4n) is 1.83. The van der Waals surface area contributed by atoms with Crippen LogP contribution in [-0.2, 0) is 15.5 Å². The number of benzene rings is 2. The first kappa shape index (κ1) is 18.4. The van der Waals surface area contributed by atoms with Gasteiger partial charge in [-0.1, -0.05) is 11.6 Å². The highest BCUT2D eigenvalue weighted by atomic mass is 35.5. The molecule has 0 heterocycles. The molecule has 0 saturated heterocycles. The maximum absolute atomic E-state index is 14.1. The van der Waals surface area contributed by atoms with E-state index in [1.165, 1.54) is 31.2 Å². The number of ether oxygens (including phenoxy) is 1. The van der Waals surface area contributed by atoms with Crippen molar-refractivity contribution in [3.63, 3.8) is 0 Å². The van der Waals surface area contributed by atoms with Gasteiger partial charge in [0.2, 0.25) is 0 Å². The minimum atomic E-state index is -2.56. The maximum atomic E-state index is 14.1. The van der Waals surface area contributed by atoms with Crippen molar-refractivity contribution in [1.29, 1.82) is 0 Å². The molecule has 128 valence electrons. The maximum Gasteiger partial charge on any atom is 0.344 e. The Morgan fingerprint density at radius 2 is 1.54 bits per heavy atom. The topological polar surface area (TPSA) is 43.4 Å². The van der Waals surface area contributed by atoms with Gasteiger partial charge in [-0.3, -0.25) is 0 Å².